The molecule has 1 N–H and O–H groups in total. The Bertz CT molecular complexity index is 734. The molecule has 1 aliphatic heterocycles. The van der Waals surface area contributed by atoms with Crippen LogP contribution in [0.2, 0.25) is 0 Å². The topological polar surface area (TPSA) is 28.2 Å². The van der Waals surface area contributed by atoms with Gasteiger partial charge in [-0.2, -0.15) is 0 Å². The Kier molecular flexibility index (Phi) is 5.49. The maximum Gasteiger partial charge on any atom is 0.129 e. The van der Waals surface area contributed by atoms with Crippen molar-refractivity contribution in [2.24, 2.45) is 0 Å². The number of rotatable bonds is 2. The van der Waals surface area contributed by atoms with Crippen molar-refractivity contribution in [3.63, 3.8) is 0 Å². The van der Waals surface area contributed by atoms with Crippen molar-refractivity contribution in [2.75, 3.05) is 31.1 Å². The van der Waals surface area contributed by atoms with E-state index in [-0.39, 0.29) is 5.82 Å². The molecular formula is C22H28FN3. The molecule has 0 spiro atoms. The second-order valence-electron chi connectivity index (χ2n) is 7.46. The molecule has 3 nitrogen and oxygen atoms in total. The highest BCUT2D eigenvalue weighted by molar-refractivity contribution is 5.71. The Morgan fingerprint density at radius 2 is 1.69 bits per heavy atom. The number of nitrogens with one attached hydrogen (secondary N) is 1. The molecule has 138 valence electrons. The lowest BCUT2D eigenvalue weighted by molar-refractivity contribution is 0.608. The van der Waals surface area contributed by atoms with E-state index in [1.54, 1.807) is 12.1 Å². The van der Waals surface area contributed by atoms with Gasteiger partial charge in [0.1, 0.15) is 11.6 Å². The van der Waals surface area contributed by atoms with Gasteiger partial charge in [-0.1, -0.05) is 25.0 Å². The van der Waals surface area contributed by atoms with E-state index in [9.17, 15) is 4.39 Å². The fourth-order valence-electron chi connectivity index (χ4n) is 4.17. The fraction of sp³-hybridized carbons (Fsp3) is 0.500. The number of aromatic nitrogens is 1. The van der Waals surface area contributed by atoms with Gasteiger partial charge in [0.25, 0.3) is 0 Å². The molecule has 26 heavy (non-hydrogen) atoms. The summed E-state index contributed by atoms with van der Waals surface area (Å²) in [6.45, 7) is 4.12. The number of pyridine rings is 1. The molecule has 0 bridgehead atoms. The molecule has 1 saturated heterocycles. The van der Waals surface area contributed by atoms with Gasteiger partial charge in [-0.25, -0.2) is 9.37 Å². The van der Waals surface area contributed by atoms with E-state index in [1.807, 2.05) is 12.1 Å². The lowest BCUT2D eigenvalue weighted by Crippen LogP contribution is -2.29. The van der Waals surface area contributed by atoms with E-state index in [1.165, 1.54) is 42.5 Å². The van der Waals surface area contributed by atoms with Crippen molar-refractivity contribution < 1.29 is 4.39 Å². The lowest BCUT2D eigenvalue weighted by atomic mass is 9.90. The first-order valence-corrected chi connectivity index (χ1v) is 10.1. The number of aryl methyl sites for hydroxylation is 1. The van der Waals surface area contributed by atoms with Crippen LogP contribution in [0.3, 0.4) is 0 Å². The monoisotopic (exact) mass is 353 g/mol. The zero-order valence-corrected chi connectivity index (χ0v) is 15.4. The van der Waals surface area contributed by atoms with Crippen molar-refractivity contribution in [2.45, 2.75) is 44.9 Å². The van der Waals surface area contributed by atoms with Crippen LogP contribution in [-0.2, 0) is 12.8 Å². The normalized spacial score (nSPS) is 18.6. The van der Waals surface area contributed by atoms with Crippen molar-refractivity contribution >= 4 is 5.82 Å². The smallest absolute Gasteiger partial charge is 0.129 e. The first-order valence-electron chi connectivity index (χ1n) is 10.1. The zero-order valence-electron chi connectivity index (χ0n) is 15.4. The fourth-order valence-corrected chi connectivity index (χ4v) is 4.17. The second-order valence-corrected chi connectivity index (χ2v) is 7.46. The van der Waals surface area contributed by atoms with Crippen LogP contribution in [-0.4, -0.2) is 31.2 Å². The molecule has 0 unspecified atom stereocenters. The summed E-state index contributed by atoms with van der Waals surface area (Å²) in [4.78, 5) is 7.52. The van der Waals surface area contributed by atoms with Gasteiger partial charge in [-0.05, 0) is 73.5 Å². The highest BCUT2D eigenvalue weighted by atomic mass is 19.1. The van der Waals surface area contributed by atoms with Gasteiger partial charge in [0, 0.05) is 25.3 Å². The Hall–Kier alpha value is -1.94. The van der Waals surface area contributed by atoms with Crippen molar-refractivity contribution in [1.82, 2.24) is 10.3 Å². The average Bonchev–Trinajstić information content (AvgIpc) is 2.92. The Morgan fingerprint density at radius 3 is 2.54 bits per heavy atom. The van der Waals surface area contributed by atoms with E-state index < -0.39 is 0 Å². The third kappa shape index (κ3) is 3.90. The molecule has 2 heterocycles. The van der Waals surface area contributed by atoms with Gasteiger partial charge in [0.2, 0.25) is 0 Å². The van der Waals surface area contributed by atoms with E-state index in [0.29, 0.717) is 0 Å². The zero-order chi connectivity index (χ0) is 17.8. The molecule has 2 aliphatic rings. The summed E-state index contributed by atoms with van der Waals surface area (Å²) in [6, 6.07) is 9.22. The van der Waals surface area contributed by atoms with Gasteiger partial charge in [0.05, 0.1) is 0 Å². The summed E-state index contributed by atoms with van der Waals surface area (Å²) < 4.78 is 13.4. The molecule has 1 aromatic carbocycles. The predicted molar refractivity (Wildman–Crippen MR) is 105 cm³/mol. The minimum Gasteiger partial charge on any atom is -0.355 e. The van der Waals surface area contributed by atoms with Crippen LogP contribution in [0.4, 0.5) is 10.2 Å². The molecule has 0 amide bonds. The van der Waals surface area contributed by atoms with Crippen molar-refractivity contribution in [1.29, 1.82) is 0 Å². The number of hydrogen-bond acceptors (Lipinski definition) is 3. The summed E-state index contributed by atoms with van der Waals surface area (Å²) in [5.74, 6) is 0.914. The van der Waals surface area contributed by atoms with Crippen LogP contribution in [0.15, 0.2) is 30.3 Å². The summed E-state index contributed by atoms with van der Waals surface area (Å²) in [7, 11) is 0. The van der Waals surface area contributed by atoms with Crippen molar-refractivity contribution in [3.05, 3.63) is 47.4 Å². The highest BCUT2D eigenvalue weighted by Gasteiger charge is 2.19. The van der Waals surface area contributed by atoms with Crippen LogP contribution >= 0.6 is 0 Å². The minimum absolute atomic E-state index is 0.176. The second kappa shape index (κ2) is 8.17. The van der Waals surface area contributed by atoms with Crippen LogP contribution < -0.4 is 10.2 Å². The summed E-state index contributed by atoms with van der Waals surface area (Å²) in [5.41, 5.74) is 5.01. The summed E-state index contributed by atoms with van der Waals surface area (Å²) in [5, 5.41) is 3.47. The molecule has 2 aromatic rings. The third-order valence-corrected chi connectivity index (χ3v) is 5.61. The number of anilines is 1. The molecular weight excluding hydrogens is 325 g/mol. The van der Waals surface area contributed by atoms with Crippen LogP contribution in [0, 0.1) is 5.82 Å². The third-order valence-electron chi connectivity index (χ3n) is 5.61. The van der Waals surface area contributed by atoms with Crippen LogP contribution in [0.1, 0.15) is 43.4 Å². The van der Waals surface area contributed by atoms with Gasteiger partial charge < -0.3 is 10.2 Å². The van der Waals surface area contributed by atoms with Gasteiger partial charge in [-0.3, -0.25) is 0 Å². The van der Waals surface area contributed by atoms with E-state index in [0.717, 1.165) is 56.8 Å². The van der Waals surface area contributed by atoms with Crippen molar-refractivity contribution in [3.8, 4) is 11.1 Å². The summed E-state index contributed by atoms with van der Waals surface area (Å²) >= 11 is 0. The lowest BCUT2D eigenvalue weighted by Gasteiger charge is -2.25. The number of benzene rings is 1. The average molecular weight is 353 g/mol. The van der Waals surface area contributed by atoms with E-state index in [2.05, 4.69) is 16.3 Å². The van der Waals surface area contributed by atoms with E-state index >= 15 is 0 Å². The molecule has 0 atom stereocenters. The number of halogens is 1. The first kappa shape index (κ1) is 17.5. The molecule has 1 aliphatic carbocycles. The molecule has 4 heteroatoms. The molecule has 1 aromatic heterocycles. The predicted octanol–water partition coefficient (Wildman–Crippen LogP) is 4.35. The van der Waals surface area contributed by atoms with Gasteiger partial charge in [-0.15, -0.1) is 0 Å². The quantitative estimate of drug-likeness (QED) is 0.870. The van der Waals surface area contributed by atoms with E-state index in [4.69, 9.17) is 4.98 Å². The Balaban J connectivity index is 1.79. The SMILES string of the molecule is Fc1ccc(-c2cc(N3CCCNCC3)nc3c2CCCCCC3)cc1. The first-order chi connectivity index (χ1) is 12.8. The largest absolute Gasteiger partial charge is 0.355 e. The minimum atomic E-state index is -0.176. The highest BCUT2D eigenvalue weighted by Crippen LogP contribution is 2.33. The van der Waals surface area contributed by atoms with Crippen LogP contribution in [0.25, 0.3) is 11.1 Å². The number of nitrogens with zero attached hydrogens (tertiary/aromatic N) is 2. The van der Waals surface area contributed by atoms with Gasteiger partial charge >= 0.3 is 0 Å². The van der Waals surface area contributed by atoms with Crippen LogP contribution in [0.5, 0.6) is 0 Å². The molecule has 1 fully saturated rings. The molecule has 4 rings (SSSR count). The Morgan fingerprint density at radius 1 is 0.885 bits per heavy atom. The number of hydrogen-bond donors (Lipinski definition) is 1. The maximum atomic E-state index is 13.4. The standard InChI is InChI=1S/C22H28FN3/c23-18-10-8-17(9-11-18)20-16-22(26-14-5-12-24-13-15-26)25-21-7-4-2-1-3-6-19(20)21/h8-11,16,24H,1-7,12-15H2. The molecule has 0 saturated carbocycles. The molecule has 0 radical (unpaired) electrons. The number of fused-ring (bicyclic) bond motifs is 1. The Labute approximate surface area is 155 Å². The maximum absolute atomic E-state index is 13.4. The summed E-state index contributed by atoms with van der Waals surface area (Å²) in [6.07, 6.45) is 8.31. The van der Waals surface area contributed by atoms with Gasteiger partial charge in [0.15, 0.2) is 0 Å².